The summed E-state index contributed by atoms with van der Waals surface area (Å²) in [7, 11) is 0. The number of carbonyl (C=O) groups excluding carboxylic acids is 1. The van der Waals surface area contributed by atoms with Gasteiger partial charge < -0.3 is 14.6 Å². The normalized spacial score (nSPS) is 43.0. The molecule has 92 valence electrons. The molecule has 4 unspecified atom stereocenters. The van der Waals surface area contributed by atoms with Gasteiger partial charge in [-0.2, -0.15) is 0 Å². The molecule has 0 aromatic carbocycles. The van der Waals surface area contributed by atoms with Gasteiger partial charge in [0.1, 0.15) is 5.60 Å². The number of fused-ring (bicyclic) bond motifs is 1. The van der Waals surface area contributed by atoms with E-state index in [-0.39, 0.29) is 0 Å². The Hall–Kier alpha value is -0.410. The van der Waals surface area contributed by atoms with Gasteiger partial charge in [0, 0.05) is 0 Å². The zero-order valence-corrected chi connectivity index (χ0v) is 10.0. The molecule has 1 saturated heterocycles. The molecule has 1 aliphatic heterocycles. The van der Waals surface area contributed by atoms with Crippen molar-refractivity contribution in [3.05, 3.63) is 0 Å². The van der Waals surface area contributed by atoms with Crippen molar-refractivity contribution in [3.63, 3.8) is 0 Å². The van der Waals surface area contributed by atoms with E-state index in [0.717, 1.165) is 25.5 Å². The molecule has 0 radical (unpaired) electrons. The Bertz CT molecular complexity index is 254. The Morgan fingerprint density at radius 1 is 1.56 bits per heavy atom. The Labute approximate surface area is 97.2 Å². The van der Waals surface area contributed by atoms with Gasteiger partial charge in [-0.3, -0.25) is 0 Å². The monoisotopic (exact) mass is 226 g/mol. The third-order valence-corrected chi connectivity index (χ3v) is 4.04. The molecule has 0 aromatic heterocycles. The van der Waals surface area contributed by atoms with Gasteiger partial charge in [0.05, 0.1) is 12.2 Å². The number of aldehydes is 1. The zero-order valence-electron chi connectivity index (χ0n) is 10.0. The topological polar surface area (TPSA) is 46.5 Å². The first-order valence-corrected chi connectivity index (χ1v) is 6.51. The second kappa shape index (κ2) is 4.84. The van der Waals surface area contributed by atoms with Gasteiger partial charge >= 0.3 is 0 Å². The molecule has 1 saturated carbocycles. The first-order chi connectivity index (χ1) is 7.67. The minimum absolute atomic E-state index is 0.294. The third-order valence-electron chi connectivity index (χ3n) is 4.04. The number of aliphatic hydroxyl groups is 1. The van der Waals surface area contributed by atoms with Crippen molar-refractivity contribution < 1.29 is 14.6 Å². The van der Waals surface area contributed by atoms with E-state index in [1.165, 1.54) is 12.8 Å². The van der Waals surface area contributed by atoms with E-state index in [1.807, 2.05) is 0 Å². The molecular formula is C13H22O3. The predicted molar refractivity (Wildman–Crippen MR) is 61.2 cm³/mol. The summed E-state index contributed by atoms with van der Waals surface area (Å²) < 4.78 is 5.98. The van der Waals surface area contributed by atoms with Crippen LogP contribution in [0.1, 0.15) is 51.9 Å². The number of carbonyl (C=O) groups is 1. The van der Waals surface area contributed by atoms with Gasteiger partial charge in [-0.25, -0.2) is 0 Å². The highest BCUT2D eigenvalue weighted by Crippen LogP contribution is 2.42. The highest BCUT2D eigenvalue weighted by Gasteiger charge is 2.44. The summed E-state index contributed by atoms with van der Waals surface area (Å²) in [6.45, 7) is 2.19. The molecule has 2 rings (SSSR count). The molecule has 3 nitrogen and oxygen atoms in total. The smallest absolute Gasteiger partial charge is 0.151 e. The zero-order chi connectivity index (χ0) is 11.6. The number of rotatable bonds is 4. The second-order valence-electron chi connectivity index (χ2n) is 5.40. The van der Waals surface area contributed by atoms with Crippen LogP contribution in [0.3, 0.4) is 0 Å². The lowest BCUT2D eigenvalue weighted by Gasteiger charge is -2.33. The number of hydrogen-bond acceptors (Lipinski definition) is 3. The Kier molecular flexibility index (Phi) is 3.65. The van der Waals surface area contributed by atoms with E-state index in [0.29, 0.717) is 31.0 Å². The summed E-state index contributed by atoms with van der Waals surface area (Å²) in [5, 5.41) is 9.97. The Balaban J connectivity index is 1.88. The highest BCUT2D eigenvalue weighted by molar-refractivity contribution is 5.62. The summed E-state index contributed by atoms with van der Waals surface area (Å²) in [4.78, 5) is 10.8. The first-order valence-electron chi connectivity index (χ1n) is 6.51. The van der Waals surface area contributed by atoms with Gasteiger partial charge in [-0.1, -0.05) is 19.8 Å². The van der Waals surface area contributed by atoms with Crippen molar-refractivity contribution in [1.82, 2.24) is 0 Å². The molecule has 0 spiro atoms. The maximum Gasteiger partial charge on any atom is 0.151 e. The average Bonchev–Trinajstić information content (AvgIpc) is 2.68. The number of hydrogen-bond donors (Lipinski definition) is 1. The van der Waals surface area contributed by atoms with Gasteiger partial charge in [0.25, 0.3) is 0 Å². The van der Waals surface area contributed by atoms with Gasteiger partial charge in [-0.15, -0.1) is 0 Å². The van der Waals surface area contributed by atoms with Crippen LogP contribution in [0.4, 0.5) is 0 Å². The van der Waals surface area contributed by atoms with Crippen molar-refractivity contribution in [2.45, 2.75) is 69.7 Å². The summed E-state index contributed by atoms with van der Waals surface area (Å²) in [6, 6.07) is 0. The van der Waals surface area contributed by atoms with E-state index >= 15 is 0 Å². The molecule has 0 bridgehead atoms. The maximum absolute atomic E-state index is 10.8. The molecule has 1 aliphatic carbocycles. The van der Waals surface area contributed by atoms with Gasteiger partial charge in [-0.05, 0) is 38.0 Å². The van der Waals surface area contributed by atoms with E-state index in [4.69, 9.17) is 4.74 Å². The van der Waals surface area contributed by atoms with Gasteiger partial charge in [0.15, 0.2) is 6.29 Å². The SMILES string of the molecule is CCCCC1CC2CC(O)(C=O)CCC2O1. The molecule has 3 heteroatoms. The molecule has 16 heavy (non-hydrogen) atoms. The summed E-state index contributed by atoms with van der Waals surface area (Å²) in [5.74, 6) is 0.394. The van der Waals surface area contributed by atoms with E-state index in [2.05, 4.69) is 6.92 Å². The van der Waals surface area contributed by atoms with Crippen molar-refractivity contribution >= 4 is 6.29 Å². The summed E-state index contributed by atoms with van der Waals surface area (Å²) in [6.07, 6.45) is 7.96. The van der Waals surface area contributed by atoms with Crippen molar-refractivity contribution in [1.29, 1.82) is 0 Å². The molecule has 4 atom stereocenters. The van der Waals surface area contributed by atoms with Crippen molar-refractivity contribution in [3.8, 4) is 0 Å². The van der Waals surface area contributed by atoms with Crippen LogP contribution in [-0.2, 0) is 9.53 Å². The number of unbranched alkanes of at least 4 members (excludes halogenated alkanes) is 1. The molecule has 1 heterocycles. The van der Waals surface area contributed by atoms with E-state index in [1.54, 1.807) is 0 Å². The van der Waals surface area contributed by atoms with Crippen LogP contribution >= 0.6 is 0 Å². The lowest BCUT2D eigenvalue weighted by molar-refractivity contribution is -0.131. The van der Waals surface area contributed by atoms with Crippen LogP contribution in [-0.4, -0.2) is 29.2 Å². The standard InChI is InChI=1S/C13H22O3/c1-2-3-4-11-7-10-8-13(15,9-14)6-5-12(10)16-11/h9-12,15H,2-8H2,1H3. The third kappa shape index (κ3) is 2.46. The van der Waals surface area contributed by atoms with Crippen molar-refractivity contribution in [2.75, 3.05) is 0 Å². The molecule has 2 aliphatic rings. The Morgan fingerprint density at radius 2 is 2.38 bits per heavy atom. The lowest BCUT2D eigenvalue weighted by atomic mass is 9.76. The van der Waals surface area contributed by atoms with Crippen LogP contribution in [0.25, 0.3) is 0 Å². The molecule has 1 N–H and O–H groups in total. The fourth-order valence-corrected chi connectivity index (χ4v) is 3.09. The van der Waals surface area contributed by atoms with E-state index in [9.17, 15) is 9.90 Å². The van der Waals surface area contributed by atoms with Gasteiger partial charge in [0.2, 0.25) is 0 Å². The van der Waals surface area contributed by atoms with Crippen LogP contribution in [0.15, 0.2) is 0 Å². The average molecular weight is 226 g/mol. The molecular weight excluding hydrogens is 204 g/mol. The summed E-state index contributed by atoms with van der Waals surface area (Å²) >= 11 is 0. The predicted octanol–water partition coefficient (Wildman–Crippen LogP) is 2.06. The van der Waals surface area contributed by atoms with Crippen LogP contribution in [0, 0.1) is 5.92 Å². The van der Waals surface area contributed by atoms with Crippen molar-refractivity contribution in [2.24, 2.45) is 5.92 Å². The fraction of sp³-hybridized carbons (Fsp3) is 0.923. The largest absolute Gasteiger partial charge is 0.382 e. The Morgan fingerprint density at radius 3 is 3.06 bits per heavy atom. The lowest BCUT2D eigenvalue weighted by Crippen LogP contribution is -2.41. The van der Waals surface area contributed by atoms with Crippen LogP contribution in [0.5, 0.6) is 0 Å². The van der Waals surface area contributed by atoms with Crippen LogP contribution < -0.4 is 0 Å². The quantitative estimate of drug-likeness (QED) is 0.746. The second-order valence-corrected chi connectivity index (χ2v) is 5.40. The maximum atomic E-state index is 10.8. The van der Waals surface area contributed by atoms with Crippen LogP contribution in [0.2, 0.25) is 0 Å². The van der Waals surface area contributed by atoms with E-state index < -0.39 is 5.60 Å². The first kappa shape index (κ1) is 12.1. The molecule has 2 fully saturated rings. The highest BCUT2D eigenvalue weighted by atomic mass is 16.5. The fourth-order valence-electron chi connectivity index (χ4n) is 3.09. The number of ether oxygens (including phenoxy) is 1. The molecule has 0 aromatic rings. The molecule has 0 amide bonds. The minimum atomic E-state index is -1.07. The summed E-state index contributed by atoms with van der Waals surface area (Å²) in [5.41, 5.74) is -1.07. The minimum Gasteiger partial charge on any atom is -0.382 e.